The number of aromatic nitrogens is 1. The van der Waals surface area contributed by atoms with Crippen LogP contribution in [0.3, 0.4) is 0 Å². The van der Waals surface area contributed by atoms with Gasteiger partial charge < -0.3 is 20.1 Å². The molecule has 0 radical (unpaired) electrons. The van der Waals surface area contributed by atoms with E-state index >= 15 is 0 Å². The van der Waals surface area contributed by atoms with Crippen molar-refractivity contribution in [3.05, 3.63) is 30.5 Å². The van der Waals surface area contributed by atoms with Gasteiger partial charge in [0.15, 0.2) is 0 Å². The molecule has 0 aliphatic carbocycles. The molecule has 0 fully saturated rings. The minimum Gasteiger partial charge on any atom is -0.490 e. The summed E-state index contributed by atoms with van der Waals surface area (Å²) in [6, 6.07) is 7.86. The van der Waals surface area contributed by atoms with Crippen LogP contribution in [0.25, 0.3) is 10.9 Å². The molecule has 1 aromatic carbocycles. The van der Waals surface area contributed by atoms with Gasteiger partial charge in [-0.15, -0.1) is 0 Å². The van der Waals surface area contributed by atoms with E-state index in [1.807, 2.05) is 42.2 Å². The maximum atomic E-state index is 10.0. The Bertz CT molecular complexity index is 568. The molecule has 0 aliphatic rings. The molecule has 4 nitrogen and oxygen atoms in total. The van der Waals surface area contributed by atoms with Gasteiger partial charge in [-0.05, 0) is 38.3 Å². The summed E-state index contributed by atoms with van der Waals surface area (Å²) in [6.45, 7) is 6.04. The maximum Gasteiger partial charge on any atom is 0.128 e. The van der Waals surface area contributed by atoms with E-state index in [0.29, 0.717) is 6.54 Å². The third-order valence-corrected chi connectivity index (χ3v) is 4.72. The van der Waals surface area contributed by atoms with Gasteiger partial charge in [0, 0.05) is 34.9 Å². The topological polar surface area (TPSA) is 57.3 Å². The third-order valence-electron chi connectivity index (χ3n) is 3.47. The van der Waals surface area contributed by atoms with Crippen LogP contribution in [0.5, 0.6) is 5.75 Å². The summed E-state index contributed by atoms with van der Waals surface area (Å²) in [4.78, 5) is 3.15. The standard InChI is InChI=1S/C16H24N2O2S/c1-16(2,21-3)11-17-9-12(19)10-20-15-6-4-5-14-13(15)7-8-18-14/h4-8,12,17-19H,9-11H2,1-3H3. The lowest BCUT2D eigenvalue weighted by Gasteiger charge is -2.23. The van der Waals surface area contributed by atoms with Crippen LogP contribution >= 0.6 is 11.8 Å². The highest BCUT2D eigenvalue weighted by Gasteiger charge is 2.16. The molecule has 0 saturated heterocycles. The van der Waals surface area contributed by atoms with E-state index in [0.717, 1.165) is 23.2 Å². The quantitative estimate of drug-likeness (QED) is 0.702. The van der Waals surface area contributed by atoms with Crippen molar-refractivity contribution >= 4 is 22.7 Å². The number of aliphatic hydroxyl groups excluding tert-OH is 1. The van der Waals surface area contributed by atoms with Crippen LogP contribution in [0.15, 0.2) is 30.5 Å². The predicted octanol–water partition coefficient (Wildman–Crippen LogP) is 2.64. The smallest absolute Gasteiger partial charge is 0.128 e. The fraction of sp³-hybridized carbons (Fsp3) is 0.500. The highest BCUT2D eigenvalue weighted by atomic mass is 32.2. The summed E-state index contributed by atoms with van der Waals surface area (Å²) >= 11 is 1.81. The van der Waals surface area contributed by atoms with Gasteiger partial charge in [0.1, 0.15) is 18.5 Å². The molecule has 0 saturated carbocycles. The Hall–Kier alpha value is -1.17. The van der Waals surface area contributed by atoms with Crippen molar-refractivity contribution in [3.63, 3.8) is 0 Å². The predicted molar refractivity (Wildman–Crippen MR) is 90.3 cm³/mol. The number of ether oxygens (including phenoxy) is 1. The van der Waals surface area contributed by atoms with Crippen molar-refractivity contribution < 1.29 is 9.84 Å². The van der Waals surface area contributed by atoms with Gasteiger partial charge in [-0.3, -0.25) is 0 Å². The average Bonchev–Trinajstić information content (AvgIpc) is 2.94. The monoisotopic (exact) mass is 308 g/mol. The molecule has 1 unspecified atom stereocenters. The summed E-state index contributed by atoms with van der Waals surface area (Å²) in [5.41, 5.74) is 1.04. The van der Waals surface area contributed by atoms with Gasteiger partial charge in [-0.25, -0.2) is 0 Å². The Morgan fingerprint density at radius 2 is 2.19 bits per heavy atom. The number of aliphatic hydroxyl groups is 1. The number of hydrogen-bond donors (Lipinski definition) is 3. The van der Waals surface area contributed by atoms with Crippen molar-refractivity contribution in [2.24, 2.45) is 0 Å². The second-order valence-corrected chi connectivity index (χ2v) is 7.27. The molecule has 2 rings (SSSR count). The molecule has 1 atom stereocenters. The normalized spacial score (nSPS) is 13.5. The van der Waals surface area contributed by atoms with Crippen LogP contribution in [-0.4, -0.2) is 46.9 Å². The molecule has 0 amide bonds. The second-order valence-electron chi connectivity index (χ2n) is 5.75. The first-order chi connectivity index (χ1) is 10.0. The minimum absolute atomic E-state index is 0.178. The molecule has 1 aromatic heterocycles. The third kappa shape index (κ3) is 4.66. The largest absolute Gasteiger partial charge is 0.490 e. The highest BCUT2D eigenvalue weighted by molar-refractivity contribution is 7.99. The molecule has 0 bridgehead atoms. The van der Waals surface area contributed by atoms with Gasteiger partial charge in [0.25, 0.3) is 0 Å². The van der Waals surface area contributed by atoms with E-state index in [-0.39, 0.29) is 11.4 Å². The molecular weight excluding hydrogens is 284 g/mol. The SMILES string of the molecule is CSC(C)(C)CNCC(O)COc1cccc2[nH]ccc12. The summed E-state index contributed by atoms with van der Waals surface area (Å²) in [6.07, 6.45) is 3.47. The molecule has 2 aromatic rings. The first kappa shape index (κ1) is 16.2. The van der Waals surface area contributed by atoms with E-state index in [2.05, 4.69) is 30.4 Å². The second kappa shape index (κ2) is 7.20. The van der Waals surface area contributed by atoms with Crippen LogP contribution in [0.4, 0.5) is 0 Å². The lowest BCUT2D eigenvalue weighted by atomic mass is 10.2. The van der Waals surface area contributed by atoms with Crippen LogP contribution in [-0.2, 0) is 0 Å². The molecule has 0 spiro atoms. The van der Waals surface area contributed by atoms with E-state index in [4.69, 9.17) is 4.74 Å². The van der Waals surface area contributed by atoms with Crippen LogP contribution < -0.4 is 10.1 Å². The van der Waals surface area contributed by atoms with Gasteiger partial charge in [-0.1, -0.05) is 6.07 Å². The molecule has 5 heteroatoms. The molecule has 3 N–H and O–H groups in total. The number of nitrogens with one attached hydrogen (secondary N) is 2. The zero-order valence-electron chi connectivity index (χ0n) is 12.8. The average molecular weight is 308 g/mol. The highest BCUT2D eigenvalue weighted by Crippen LogP contribution is 2.24. The number of fused-ring (bicyclic) bond motifs is 1. The maximum absolute atomic E-state index is 10.0. The number of benzene rings is 1. The first-order valence-electron chi connectivity index (χ1n) is 7.15. The number of rotatable bonds is 8. The first-order valence-corrected chi connectivity index (χ1v) is 8.37. The van der Waals surface area contributed by atoms with Crippen LogP contribution in [0.2, 0.25) is 0 Å². The van der Waals surface area contributed by atoms with Crippen molar-refractivity contribution in [2.75, 3.05) is 26.0 Å². The summed E-state index contributed by atoms with van der Waals surface area (Å²) in [5, 5.41) is 14.3. The van der Waals surface area contributed by atoms with E-state index < -0.39 is 6.10 Å². The Labute approximate surface area is 130 Å². The van der Waals surface area contributed by atoms with Gasteiger partial charge in [-0.2, -0.15) is 11.8 Å². The van der Waals surface area contributed by atoms with Gasteiger partial charge >= 0.3 is 0 Å². The molecule has 1 heterocycles. The number of hydrogen-bond acceptors (Lipinski definition) is 4. The Morgan fingerprint density at radius 3 is 2.95 bits per heavy atom. The minimum atomic E-state index is -0.517. The van der Waals surface area contributed by atoms with E-state index in [1.165, 1.54) is 0 Å². The molecule has 116 valence electrons. The summed E-state index contributed by atoms with van der Waals surface area (Å²) < 4.78 is 5.91. The summed E-state index contributed by atoms with van der Waals surface area (Å²) in [7, 11) is 0. The lowest BCUT2D eigenvalue weighted by molar-refractivity contribution is 0.107. The Kier molecular flexibility index (Phi) is 5.56. The van der Waals surface area contributed by atoms with Crippen molar-refractivity contribution in [3.8, 4) is 5.75 Å². The number of thioether (sulfide) groups is 1. The van der Waals surface area contributed by atoms with Crippen molar-refractivity contribution in [1.29, 1.82) is 0 Å². The zero-order chi connectivity index (χ0) is 15.3. The van der Waals surface area contributed by atoms with E-state index in [1.54, 1.807) is 0 Å². The van der Waals surface area contributed by atoms with Gasteiger partial charge in [0.2, 0.25) is 0 Å². The van der Waals surface area contributed by atoms with E-state index in [9.17, 15) is 5.11 Å². The number of aromatic amines is 1. The summed E-state index contributed by atoms with van der Waals surface area (Å²) in [5.74, 6) is 0.803. The van der Waals surface area contributed by atoms with Crippen molar-refractivity contribution in [1.82, 2.24) is 10.3 Å². The molecule has 21 heavy (non-hydrogen) atoms. The van der Waals surface area contributed by atoms with Crippen molar-refractivity contribution in [2.45, 2.75) is 24.7 Å². The fourth-order valence-corrected chi connectivity index (χ4v) is 2.29. The fourth-order valence-electron chi connectivity index (χ4n) is 2.04. The lowest BCUT2D eigenvalue weighted by Crippen LogP contribution is -2.38. The molecule has 0 aliphatic heterocycles. The Balaban J connectivity index is 1.79. The zero-order valence-corrected chi connectivity index (χ0v) is 13.7. The van der Waals surface area contributed by atoms with Crippen LogP contribution in [0.1, 0.15) is 13.8 Å². The Morgan fingerprint density at radius 1 is 1.38 bits per heavy atom. The molecular formula is C16H24N2O2S. The van der Waals surface area contributed by atoms with Gasteiger partial charge in [0.05, 0.1) is 0 Å². The number of H-pyrrole nitrogens is 1. The van der Waals surface area contributed by atoms with Crippen LogP contribution in [0, 0.1) is 0 Å².